The maximum absolute atomic E-state index is 12.9. The van der Waals surface area contributed by atoms with Crippen molar-refractivity contribution in [2.45, 2.75) is 32.4 Å². The molecule has 2 aromatic carbocycles. The predicted molar refractivity (Wildman–Crippen MR) is 107 cm³/mol. The minimum Gasteiger partial charge on any atom is -0.325 e. The number of rotatable bonds is 7. The summed E-state index contributed by atoms with van der Waals surface area (Å²) < 4.78 is 38.2. The van der Waals surface area contributed by atoms with E-state index in [1.54, 1.807) is 6.92 Å². The number of carbonyl (C=O) groups excluding carboxylic acids is 2. The number of halogens is 1. The molecule has 0 aromatic heterocycles. The third kappa shape index (κ3) is 5.39. The van der Waals surface area contributed by atoms with Crippen LogP contribution in [-0.2, 0) is 19.4 Å². The van der Waals surface area contributed by atoms with Crippen molar-refractivity contribution in [1.82, 2.24) is 0 Å². The smallest absolute Gasteiger partial charge is 0.242 e. The van der Waals surface area contributed by atoms with Crippen LogP contribution in [0.5, 0.6) is 0 Å². The molecular weight excluding hydrogens is 383 g/mol. The third-order valence-electron chi connectivity index (χ3n) is 4.29. The zero-order chi connectivity index (χ0) is 20.9. The average molecular weight is 406 g/mol. The lowest BCUT2D eigenvalue weighted by molar-refractivity contribution is -0.115. The van der Waals surface area contributed by atoms with E-state index in [2.05, 4.69) is 10.6 Å². The maximum Gasteiger partial charge on any atom is 0.242 e. The highest BCUT2D eigenvalue weighted by molar-refractivity contribution is 7.93. The van der Waals surface area contributed by atoms with E-state index in [1.807, 2.05) is 32.0 Å². The number of anilines is 2. The number of benzene rings is 2. The van der Waals surface area contributed by atoms with Gasteiger partial charge in [0, 0.05) is 11.4 Å². The van der Waals surface area contributed by atoms with Crippen molar-refractivity contribution in [1.29, 1.82) is 0 Å². The molecule has 0 aliphatic heterocycles. The molecule has 0 aliphatic rings. The summed E-state index contributed by atoms with van der Waals surface area (Å²) in [6, 6.07) is 10.4. The minimum atomic E-state index is -4.04. The summed E-state index contributed by atoms with van der Waals surface area (Å²) in [5.41, 5.74) is 2.47. The van der Waals surface area contributed by atoms with E-state index >= 15 is 0 Å². The number of hydrogen-bond donors (Lipinski definition) is 2. The number of aryl methyl sites for hydroxylation is 2. The van der Waals surface area contributed by atoms with Crippen LogP contribution in [0.15, 0.2) is 42.5 Å². The molecule has 0 radical (unpaired) electrons. The van der Waals surface area contributed by atoms with Crippen LogP contribution in [0.1, 0.15) is 24.5 Å². The topological polar surface area (TPSA) is 92.3 Å². The summed E-state index contributed by atoms with van der Waals surface area (Å²) in [6.45, 7) is 5.20. The lowest BCUT2D eigenvalue weighted by Crippen LogP contribution is -2.39. The van der Waals surface area contributed by atoms with Crippen LogP contribution in [0, 0.1) is 19.7 Å². The highest BCUT2D eigenvalue weighted by atomic mass is 32.2. The molecule has 0 fully saturated rings. The fourth-order valence-corrected chi connectivity index (χ4v) is 4.36. The van der Waals surface area contributed by atoms with E-state index in [-0.39, 0.29) is 12.1 Å². The molecule has 0 aliphatic carbocycles. The van der Waals surface area contributed by atoms with Crippen LogP contribution in [0.25, 0.3) is 0 Å². The summed E-state index contributed by atoms with van der Waals surface area (Å²) in [7, 11) is -4.04. The lowest BCUT2D eigenvalue weighted by Gasteiger charge is -2.18. The van der Waals surface area contributed by atoms with Gasteiger partial charge in [0.05, 0.1) is 0 Å². The van der Waals surface area contributed by atoms with Gasteiger partial charge in [0.2, 0.25) is 11.8 Å². The SMILES string of the molecule is CCC(C(=O)Nc1c(C)cccc1C)S(=O)(=O)CC(=O)Nc1ccc(F)cc1. The fraction of sp³-hybridized carbons (Fsp3) is 0.300. The molecule has 0 heterocycles. The minimum absolute atomic E-state index is 0.0307. The van der Waals surface area contributed by atoms with Crippen molar-refractivity contribution in [3.63, 3.8) is 0 Å². The molecule has 2 rings (SSSR count). The summed E-state index contributed by atoms with van der Waals surface area (Å²) >= 11 is 0. The molecule has 2 aromatic rings. The molecule has 0 saturated heterocycles. The van der Waals surface area contributed by atoms with Crippen LogP contribution in [0.3, 0.4) is 0 Å². The van der Waals surface area contributed by atoms with Gasteiger partial charge in [0.15, 0.2) is 9.84 Å². The molecule has 0 saturated carbocycles. The van der Waals surface area contributed by atoms with Gasteiger partial charge in [0.25, 0.3) is 0 Å². The molecule has 1 unspecified atom stereocenters. The van der Waals surface area contributed by atoms with E-state index in [0.717, 1.165) is 23.3 Å². The van der Waals surface area contributed by atoms with E-state index < -0.39 is 38.5 Å². The van der Waals surface area contributed by atoms with Crippen molar-refractivity contribution < 1.29 is 22.4 Å². The molecule has 0 bridgehead atoms. The number of para-hydroxylation sites is 1. The quantitative estimate of drug-likeness (QED) is 0.738. The Kier molecular flexibility index (Phi) is 6.90. The Hall–Kier alpha value is -2.74. The van der Waals surface area contributed by atoms with Gasteiger partial charge in [0.1, 0.15) is 16.8 Å². The summed E-state index contributed by atoms with van der Waals surface area (Å²) in [5, 5.41) is 3.71. The predicted octanol–water partition coefficient (Wildman–Crippen LogP) is 3.21. The zero-order valence-corrected chi connectivity index (χ0v) is 16.8. The number of sulfone groups is 1. The Morgan fingerprint density at radius 3 is 2.11 bits per heavy atom. The Morgan fingerprint density at radius 1 is 1.00 bits per heavy atom. The molecule has 2 amide bonds. The molecule has 8 heteroatoms. The number of amides is 2. The second-order valence-corrected chi connectivity index (χ2v) is 8.70. The molecule has 28 heavy (non-hydrogen) atoms. The first-order valence-electron chi connectivity index (χ1n) is 8.78. The number of carbonyl (C=O) groups is 2. The van der Waals surface area contributed by atoms with Crippen molar-refractivity contribution in [3.8, 4) is 0 Å². The highest BCUT2D eigenvalue weighted by Crippen LogP contribution is 2.21. The van der Waals surface area contributed by atoms with E-state index in [0.29, 0.717) is 5.69 Å². The first-order chi connectivity index (χ1) is 13.1. The maximum atomic E-state index is 12.9. The highest BCUT2D eigenvalue weighted by Gasteiger charge is 2.33. The summed E-state index contributed by atoms with van der Waals surface area (Å²) in [6.07, 6.45) is 0.0307. The van der Waals surface area contributed by atoms with E-state index in [1.165, 1.54) is 12.1 Å². The van der Waals surface area contributed by atoms with Crippen molar-refractivity contribution >= 4 is 33.0 Å². The van der Waals surface area contributed by atoms with Crippen LogP contribution >= 0.6 is 0 Å². The zero-order valence-electron chi connectivity index (χ0n) is 16.0. The van der Waals surface area contributed by atoms with E-state index in [4.69, 9.17) is 0 Å². The first kappa shape index (κ1) is 21.6. The van der Waals surface area contributed by atoms with Gasteiger partial charge in [-0.2, -0.15) is 0 Å². The monoisotopic (exact) mass is 406 g/mol. The van der Waals surface area contributed by atoms with Gasteiger partial charge in [-0.3, -0.25) is 9.59 Å². The summed E-state index contributed by atoms with van der Waals surface area (Å²) in [4.78, 5) is 24.7. The fourth-order valence-electron chi connectivity index (χ4n) is 2.83. The summed E-state index contributed by atoms with van der Waals surface area (Å²) in [5.74, 6) is -2.78. The first-order valence-corrected chi connectivity index (χ1v) is 10.5. The second-order valence-electron chi connectivity index (χ2n) is 6.52. The average Bonchev–Trinajstić information content (AvgIpc) is 2.60. The molecule has 150 valence electrons. The van der Waals surface area contributed by atoms with Crippen LogP contribution in [0.2, 0.25) is 0 Å². The van der Waals surface area contributed by atoms with Gasteiger partial charge in [-0.15, -0.1) is 0 Å². The van der Waals surface area contributed by atoms with Crippen LogP contribution < -0.4 is 10.6 Å². The standard InChI is InChI=1S/C20H23FN2O4S/c1-4-17(20(25)23-19-13(2)6-5-7-14(19)3)28(26,27)12-18(24)22-16-10-8-15(21)9-11-16/h5-11,17H,4,12H2,1-3H3,(H,22,24)(H,23,25). The lowest BCUT2D eigenvalue weighted by atomic mass is 10.1. The van der Waals surface area contributed by atoms with Gasteiger partial charge in [-0.05, 0) is 55.7 Å². The molecule has 1 atom stereocenters. The Bertz CT molecular complexity index is 952. The number of nitrogens with one attached hydrogen (secondary N) is 2. The Morgan fingerprint density at radius 2 is 1.57 bits per heavy atom. The van der Waals surface area contributed by atoms with E-state index in [9.17, 15) is 22.4 Å². The van der Waals surface area contributed by atoms with Gasteiger partial charge < -0.3 is 10.6 Å². The molecule has 0 spiro atoms. The van der Waals surface area contributed by atoms with Gasteiger partial charge in [-0.1, -0.05) is 25.1 Å². The normalized spacial score (nSPS) is 12.3. The molecule has 6 nitrogen and oxygen atoms in total. The molecular formula is C20H23FN2O4S. The van der Waals surface area contributed by atoms with Gasteiger partial charge >= 0.3 is 0 Å². The number of hydrogen-bond acceptors (Lipinski definition) is 4. The third-order valence-corrected chi connectivity index (χ3v) is 6.37. The Labute approximate surface area is 164 Å². The van der Waals surface area contributed by atoms with Crippen molar-refractivity contribution in [2.24, 2.45) is 0 Å². The Balaban J connectivity index is 2.11. The second kappa shape index (κ2) is 8.97. The molecule has 2 N–H and O–H groups in total. The van der Waals surface area contributed by atoms with Crippen molar-refractivity contribution in [3.05, 3.63) is 59.4 Å². The van der Waals surface area contributed by atoms with Crippen LogP contribution in [-0.4, -0.2) is 31.2 Å². The largest absolute Gasteiger partial charge is 0.325 e. The van der Waals surface area contributed by atoms with Crippen LogP contribution in [0.4, 0.5) is 15.8 Å². The van der Waals surface area contributed by atoms with Gasteiger partial charge in [-0.25, -0.2) is 12.8 Å². The van der Waals surface area contributed by atoms with Crippen molar-refractivity contribution in [2.75, 3.05) is 16.4 Å².